The van der Waals surface area contributed by atoms with Crippen molar-refractivity contribution in [2.24, 2.45) is 11.5 Å². The van der Waals surface area contributed by atoms with Crippen LogP contribution in [0.4, 0.5) is 0 Å². The fraction of sp³-hybridized carbons (Fsp3) is 0.600. The minimum atomic E-state index is 0.0657. The highest BCUT2D eigenvalue weighted by atomic mass is 14.7. The Kier molecular flexibility index (Phi) is 5.16. The van der Waals surface area contributed by atoms with Crippen molar-refractivity contribution in [3.8, 4) is 0 Å². The largest absolute Gasteiger partial charge is 0.330 e. The summed E-state index contributed by atoms with van der Waals surface area (Å²) in [6, 6.07) is 6.60. The van der Waals surface area contributed by atoms with Gasteiger partial charge in [-0.3, -0.25) is 0 Å². The van der Waals surface area contributed by atoms with Gasteiger partial charge in [0.25, 0.3) is 0 Å². The second-order valence-electron chi connectivity index (χ2n) is 5.34. The van der Waals surface area contributed by atoms with Gasteiger partial charge >= 0.3 is 0 Å². The van der Waals surface area contributed by atoms with E-state index in [2.05, 4.69) is 45.9 Å². The highest BCUT2D eigenvalue weighted by Crippen LogP contribution is 2.32. The minimum absolute atomic E-state index is 0.0657. The fourth-order valence-electron chi connectivity index (χ4n) is 2.36. The van der Waals surface area contributed by atoms with Crippen LogP contribution < -0.4 is 11.5 Å². The van der Waals surface area contributed by atoms with Crippen LogP contribution in [0, 0.1) is 0 Å². The Morgan fingerprint density at radius 1 is 1.00 bits per heavy atom. The van der Waals surface area contributed by atoms with E-state index in [4.69, 9.17) is 11.5 Å². The van der Waals surface area contributed by atoms with Crippen molar-refractivity contribution in [1.29, 1.82) is 0 Å². The Morgan fingerprint density at radius 3 is 1.82 bits per heavy atom. The molecule has 4 N–H and O–H groups in total. The third-order valence-corrected chi connectivity index (χ3v) is 3.27. The van der Waals surface area contributed by atoms with Gasteiger partial charge in [0.1, 0.15) is 0 Å². The van der Waals surface area contributed by atoms with Gasteiger partial charge < -0.3 is 11.5 Å². The van der Waals surface area contributed by atoms with Gasteiger partial charge in [0.15, 0.2) is 0 Å². The Bertz CT molecular complexity index is 330. The van der Waals surface area contributed by atoms with E-state index >= 15 is 0 Å². The van der Waals surface area contributed by atoms with E-state index < -0.39 is 0 Å². The van der Waals surface area contributed by atoms with Crippen LogP contribution in [0.25, 0.3) is 0 Å². The Labute approximate surface area is 105 Å². The van der Waals surface area contributed by atoms with E-state index in [1.165, 1.54) is 16.7 Å². The Hall–Kier alpha value is -0.860. The van der Waals surface area contributed by atoms with Gasteiger partial charge in [0.05, 0.1) is 0 Å². The lowest BCUT2D eigenvalue weighted by Gasteiger charge is -2.24. The maximum atomic E-state index is 6.30. The molecule has 1 rings (SSSR count). The summed E-state index contributed by atoms with van der Waals surface area (Å²) in [5.74, 6) is 1.01. The zero-order valence-corrected chi connectivity index (χ0v) is 11.5. The summed E-state index contributed by atoms with van der Waals surface area (Å²) < 4.78 is 0. The van der Waals surface area contributed by atoms with Crippen molar-refractivity contribution < 1.29 is 0 Å². The van der Waals surface area contributed by atoms with Crippen LogP contribution in [-0.2, 0) is 0 Å². The van der Waals surface area contributed by atoms with Crippen molar-refractivity contribution in [3.05, 3.63) is 34.9 Å². The summed E-state index contributed by atoms with van der Waals surface area (Å²) in [6.45, 7) is 9.53. The van der Waals surface area contributed by atoms with E-state index in [9.17, 15) is 0 Å². The van der Waals surface area contributed by atoms with Gasteiger partial charge in [-0.2, -0.15) is 0 Å². The molecule has 0 spiro atoms. The summed E-state index contributed by atoms with van der Waals surface area (Å²) in [4.78, 5) is 0. The van der Waals surface area contributed by atoms with Crippen molar-refractivity contribution >= 4 is 0 Å². The van der Waals surface area contributed by atoms with Gasteiger partial charge in [-0.25, -0.2) is 0 Å². The molecule has 0 aliphatic rings. The van der Waals surface area contributed by atoms with Crippen LogP contribution in [0.5, 0.6) is 0 Å². The molecular formula is C15H26N2. The van der Waals surface area contributed by atoms with Gasteiger partial charge in [-0.05, 0) is 41.5 Å². The van der Waals surface area contributed by atoms with E-state index in [0.29, 0.717) is 18.4 Å². The molecule has 1 aromatic rings. The fourth-order valence-corrected chi connectivity index (χ4v) is 2.36. The molecule has 96 valence electrons. The highest BCUT2D eigenvalue weighted by molar-refractivity contribution is 5.41. The van der Waals surface area contributed by atoms with Crippen molar-refractivity contribution in [2.75, 3.05) is 6.54 Å². The third kappa shape index (κ3) is 3.30. The first-order valence-electron chi connectivity index (χ1n) is 6.57. The molecule has 0 amide bonds. The minimum Gasteiger partial charge on any atom is -0.330 e. The lowest BCUT2D eigenvalue weighted by molar-refractivity contribution is 0.632. The smallest absolute Gasteiger partial charge is 0.0312 e. The molecule has 0 aromatic heterocycles. The molecule has 1 aromatic carbocycles. The second-order valence-corrected chi connectivity index (χ2v) is 5.34. The molecule has 1 atom stereocenters. The second kappa shape index (κ2) is 6.18. The predicted molar refractivity (Wildman–Crippen MR) is 75.2 cm³/mol. The standard InChI is InChI=1S/C15H26N2/c1-10(2)12-6-5-7-13(11(3)4)15(12)14(17)8-9-16/h5-7,10-11,14H,8-9,16-17H2,1-4H3. The van der Waals surface area contributed by atoms with E-state index in [1.807, 2.05) is 0 Å². The number of hydrogen-bond donors (Lipinski definition) is 2. The number of hydrogen-bond acceptors (Lipinski definition) is 2. The zero-order valence-electron chi connectivity index (χ0n) is 11.5. The molecule has 2 heteroatoms. The summed E-state index contributed by atoms with van der Waals surface area (Å²) in [5, 5.41) is 0. The van der Waals surface area contributed by atoms with Gasteiger partial charge in [0, 0.05) is 6.04 Å². The first-order valence-corrected chi connectivity index (χ1v) is 6.57. The summed E-state index contributed by atoms with van der Waals surface area (Å²) >= 11 is 0. The summed E-state index contributed by atoms with van der Waals surface area (Å²) in [7, 11) is 0. The molecule has 0 aliphatic carbocycles. The summed E-state index contributed by atoms with van der Waals surface area (Å²) in [5.41, 5.74) is 16.0. The topological polar surface area (TPSA) is 52.0 Å². The van der Waals surface area contributed by atoms with Crippen LogP contribution in [-0.4, -0.2) is 6.54 Å². The molecule has 1 unspecified atom stereocenters. The molecule has 0 saturated carbocycles. The number of rotatable bonds is 5. The lowest BCUT2D eigenvalue weighted by Crippen LogP contribution is -2.19. The van der Waals surface area contributed by atoms with Crippen molar-refractivity contribution in [1.82, 2.24) is 0 Å². The molecule has 2 nitrogen and oxygen atoms in total. The monoisotopic (exact) mass is 234 g/mol. The molecule has 17 heavy (non-hydrogen) atoms. The van der Waals surface area contributed by atoms with Crippen LogP contribution in [0.1, 0.15) is 68.7 Å². The van der Waals surface area contributed by atoms with Crippen LogP contribution in [0.3, 0.4) is 0 Å². The first kappa shape index (κ1) is 14.2. The van der Waals surface area contributed by atoms with Gasteiger partial charge in [-0.15, -0.1) is 0 Å². The van der Waals surface area contributed by atoms with Crippen molar-refractivity contribution in [2.45, 2.75) is 52.0 Å². The molecular weight excluding hydrogens is 208 g/mol. The van der Waals surface area contributed by atoms with Crippen LogP contribution in [0.15, 0.2) is 18.2 Å². The SMILES string of the molecule is CC(C)c1cccc(C(C)C)c1C(N)CCN. The number of benzene rings is 1. The lowest BCUT2D eigenvalue weighted by atomic mass is 9.84. The van der Waals surface area contributed by atoms with Gasteiger partial charge in [0.2, 0.25) is 0 Å². The van der Waals surface area contributed by atoms with Crippen LogP contribution in [0.2, 0.25) is 0 Å². The summed E-state index contributed by atoms with van der Waals surface area (Å²) in [6.07, 6.45) is 0.851. The van der Waals surface area contributed by atoms with E-state index in [-0.39, 0.29) is 6.04 Å². The quantitative estimate of drug-likeness (QED) is 0.821. The Morgan fingerprint density at radius 2 is 1.47 bits per heavy atom. The number of nitrogens with two attached hydrogens (primary N) is 2. The van der Waals surface area contributed by atoms with Gasteiger partial charge in [-0.1, -0.05) is 45.9 Å². The maximum absolute atomic E-state index is 6.30. The highest BCUT2D eigenvalue weighted by Gasteiger charge is 2.18. The van der Waals surface area contributed by atoms with E-state index in [0.717, 1.165) is 6.42 Å². The third-order valence-electron chi connectivity index (χ3n) is 3.27. The van der Waals surface area contributed by atoms with Crippen molar-refractivity contribution in [3.63, 3.8) is 0 Å². The molecule has 0 saturated heterocycles. The predicted octanol–water partition coefficient (Wildman–Crippen LogP) is 3.28. The normalized spacial score (nSPS) is 13.4. The average molecular weight is 234 g/mol. The molecule has 0 fully saturated rings. The van der Waals surface area contributed by atoms with Crippen LogP contribution >= 0.6 is 0 Å². The van der Waals surface area contributed by atoms with E-state index in [1.54, 1.807) is 0 Å². The Balaban J connectivity index is 3.28. The zero-order chi connectivity index (χ0) is 13.0. The molecule has 0 radical (unpaired) electrons. The molecule has 0 bridgehead atoms. The molecule has 0 aliphatic heterocycles. The maximum Gasteiger partial charge on any atom is 0.0312 e. The molecule has 0 heterocycles. The average Bonchev–Trinajstić information content (AvgIpc) is 2.28. The first-order chi connectivity index (χ1) is 7.99.